The van der Waals surface area contributed by atoms with Crippen molar-refractivity contribution in [2.24, 2.45) is 11.7 Å². The van der Waals surface area contributed by atoms with Crippen LogP contribution in [-0.2, 0) is 11.2 Å². The fourth-order valence-corrected chi connectivity index (χ4v) is 2.24. The molecule has 4 nitrogen and oxygen atoms in total. The van der Waals surface area contributed by atoms with Gasteiger partial charge in [0.2, 0.25) is 0 Å². The predicted molar refractivity (Wildman–Crippen MR) is 84.7 cm³/mol. The summed E-state index contributed by atoms with van der Waals surface area (Å²) in [6.07, 6.45) is 4.01. The molecular weight excluding hydrogens is 288 g/mol. The number of nitrogens with one attached hydrogen (secondary N) is 1. The molecule has 0 saturated heterocycles. The third-order valence-electron chi connectivity index (χ3n) is 3.67. The molecule has 116 valence electrons. The standard InChI is InChI=1S/C16H23ClN2O2/c1-2-14(18)8-12-7-13(17)5-6-15(12)21-10-16(20)19-9-11-3-4-11/h5-7,11,14H,2-4,8-10,18H2,1H3,(H,19,20). The topological polar surface area (TPSA) is 64.3 Å². The van der Waals surface area contributed by atoms with Crippen LogP contribution >= 0.6 is 11.6 Å². The Morgan fingerprint density at radius 1 is 1.52 bits per heavy atom. The van der Waals surface area contributed by atoms with E-state index in [1.54, 1.807) is 12.1 Å². The van der Waals surface area contributed by atoms with Gasteiger partial charge in [-0.05, 0) is 55.4 Å². The second-order valence-electron chi connectivity index (χ2n) is 5.66. The van der Waals surface area contributed by atoms with Crippen LogP contribution in [0.15, 0.2) is 18.2 Å². The fraction of sp³-hybridized carbons (Fsp3) is 0.562. The molecule has 0 radical (unpaired) electrons. The molecule has 1 aliphatic carbocycles. The smallest absolute Gasteiger partial charge is 0.257 e. The number of amides is 1. The van der Waals surface area contributed by atoms with Crippen LogP contribution < -0.4 is 15.8 Å². The molecule has 2 rings (SSSR count). The van der Waals surface area contributed by atoms with Crippen LogP contribution in [0.5, 0.6) is 5.75 Å². The van der Waals surface area contributed by atoms with Gasteiger partial charge >= 0.3 is 0 Å². The van der Waals surface area contributed by atoms with Gasteiger partial charge in [-0.15, -0.1) is 0 Å². The minimum absolute atomic E-state index is 0.0305. The highest BCUT2D eigenvalue weighted by Gasteiger charge is 2.21. The van der Waals surface area contributed by atoms with E-state index in [0.29, 0.717) is 23.1 Å². The van der Waals surface area contributed by atoms with Crippen molar-refractivity contribution in [2.75, 3.05) is 13.2 Å². The Morgan fingerprint density at radius 2 is 2.29 bits per heavy atom. The summed E-state index contributed by atoms with van der Waals surface area (Å²) in [5, 5.41) is 3.53. The van der Waals surface area contributed by atoms with Crippen LogP contribution in [0.3, 0.4) is 0 Å². The monoisotopic (exact) mass is 310 g/mol. The lowest BCUT2D eigenvalue weighted by atomic mass is 10.0. The number of hydrogen-bond donors (Lipinski definition) is 2. The lowest BCUT2D eigenvalue weighted by molar-refractivity contribution is -0.123. The quantitative estimate of drug-likeness (QED) is 0.775. The molecule has 0 aliphatic heterocycles. The van der Waals surface area contributed by atoms with Crippen molar-refractivity contribution in [3.05, 3.63) is 28.8 Å². The predicted octanol–water partition coefficient (Wildman–Crippen LogP) is 2.52. The summed E-state index contributed by atoms with van der Waals surface area (Å²) in [5.41, 5.74) is 6.94. The first-order chi connectivity index (χ1) is 10.1. The van der Waals surface area contributed by atoms with Gasteiger partial charge in [-0.3, -0.25) is 4.79 Å². The molecule has 0 aromatic heterocycles. The second kappa shape index (κ2) is 7.66. The van der Waals surface area contributed by atoms with Crippen molar-refractivity contribution in [3.63, 3.8) is 0 Å². The molecule has 1 aromatic rings. The Bertz CT molecular complexity index is 489. The second-order valence-corrected chi connectivity index (χ2v) is 6.10. The van der Waals surface area contributed by atoms with E-state index >= 15 is 0 Å². The molecule has 0 heterocycles. The van der Waals surface area contributed by atoms with E-state index in [2.05, 4.69) is 5.32 Å². The molecule has 1 fully saturated rings. The van der Waals surface area contributed by atoms with Gasteiger partial charge in [0.1, 0.15) is 5.75 Å². The van der Waals surface area contributed by atoms with E-state index in [0.717, 1.165) is 18.5 Å². The van der Waals surface area contributed by atoms with Gasteiger partial charge in [0.15, 0.2) is 6.61 Å². The lowest BCUT2D eigenvalue weighted by Crippen LogP contribution is -2.30. The number of carbonyl (C=O) groups excluding carboxylic acids is 1. The summed E-state index contributed by atoms with van der Waals surface area (Å²) in [4.78, 5) is 11.7. The third kappa shape index (κ3) is 5.56. The summed E-state index contributed by atoms with van der Waals surface area (Å²) >= 11 is 6.02. The maximum absolute atomic E-state index is 11.7. The van der Waals surface area contributed by atoms with Crippen molar-refractivity contribution >= 4 is 17.5 Å². The summed E-state index contributed by atoms with van der Waals surface area (Å²) < 4.78 is 5.63. The molecule has 1 atom stereocenters. The Balaban J connectivity index is 1.89. The zero-order chi connectivity index (χ0) is 15.2. The van der Waals surface area contributed by atoms with Gasteiger partial charge in [-0.25, -0.2) is 0 Å². The average Bonchev–Trinajstić information content (AvgIpc) is 3.28. The lowest BCUT2D eigenvalue weighted by Gasteiger charge is -2.14. The molecule has 0 spiro atoms. The highest BCUT2D eigenvalue weighted by Crippen LogP contribution is 2.27. The zero-order valence-corrected chi connectivity index (χ0v) is 13.2. The molecule has 1 aliphatic rings. The molecule has 1 unspecified atom stereocenters. The number of benzene rings is 1. The normalized spacial score (nSPS) is 15.6. The van der Waals surface area contributed by atoms with E-state index in [1.807, 2.05) is 13.0 Å². The number of nitrogens with two attached hydrogens (primary N) is 1. The van der Waals surface area contributed by atoms with Crippen molar-refractivity contribution in [3.8, 4) is 5.75 Å². The van der Waals surface area contributed by atoms with E-state index in [-0.39, 0.29) is 18.6 Å². The number of carbonyl (C=O) groups is 1. The Kier molecular flexibility index (Phi) is 5.88. The van der Waals surface area contributed by atoms with Gasteiger partial charge in [-0.2, -0.15) is 0 Å². The first kappa shape index (κ1) is 16.1. The fourth-order valence-electron chi connectivity index (χ4n) is 2.05. The summed E-state index contributed by atoms with van der Waals surface area (Å²) in [7, 11) is 0. The summed E-state index contributed by atoms with van der Waals surface area (Å²) in [5.74, 6) is 1.27. The number of hydrogen-bond acceptors (Lipinski definition) is 3. The molecular formula is C16H23ClN2O2. The molecule has 21 heavy (non-hydrogen) atoms. The Hall–Kier alpha value is -1.26. The molecule has 1 aromatic carbocycles. The van der Waals surface area contributed by atoms with E-state index < -0.39 is 0 Å². The SMILES string of the molecule is CCC(N)Cc1cc(Cl)ccc1OCC(=O)NCC1CC1. The average molecular weight is 311 g/mol. The zero-order valence-electron chi connectivity index (χ0n) is 12.4. The molecule has 0 bridgehead atoms. The molecule has 1 saturated carbocycles. The summed E-state index contributed by atoms with van der Waals surface area (Å²) in [6.45, 7) is 2.83. The van der Waals surface area contributed by atoms with Gasteiger partial charge in [-0.1, -0.05) is 18.5 Å². The van der Waals surface area contributed by atoms with Gasteiger partial charge in [0.05, 0.1) is 0 Å². The minimum Gasteiger partial charge on any atom is -0.483 e. The molecule has 3 N–H and O–H groups in total. The highest BCUT2D eigenvalue weighted by atomic mass is 35.5. The maximum atomic E-state index is 11.7. The molecule has 5 heteroatoms. The van der Waals surface area contributed by atoms with Crippen molar-refractivity contribution in [2.45, 2.75) is 38.6 Å². The van der Waals surface area contributed by atoms with Crippen LogP contribution in [0.1, 0.15) is 31.7 Å². The largest absolute Gasteiger partial charge is 0.483 e. The van der Waals surface area contributed by atoms with E-state index in [1.165, 1.54) is 12.8 Å². The third-order valence-corrected chi connectivity index (χ3v) is 3.91. The first-order valence-electron chi connectivity index (χ1n) is 7.52. The van der Waals surface area contributed by atoms with Crippen LogP contribution in [0.25, 0.3) is 0 Å². The molecule has 1 amide bonds. The van der Waals surface area contributed by atoms with Crippen LogP contribution in [0.2, 0.25) is 5.02 Å². The van der Waals surface area contributed by atoms with Crippen molar-refractivity contribution in [1.29, 1.82) is 0 Å². The van der Waals surface area contributed by atoms with Crippen LogP contribution in [-0.4, -0.2) is 25.1 Å². The first-order valence-corrected chi connectivity index (χ1v) is 7.89. The van der Waals surface area contributed by atoms with E-state index in [4.69, 9.17) is 22.1 Å². The summed E-state index contributed by atoms with van der Waals surface area (Å²) in [6, 6.07) is 5.48. The van der Waals surface area contributed by atoms with Crippen molar-refractivity contribution in [1.82, 2.24) is 5.32 Å². The van der Waals surface area contributed by atoms with Crippen molar-refractivity contribution < 1.29 is 9.53 Å². The number of halogens is 1. The van der Waals surface area contributed by atoms with Crippen LogP contribution in [0, 0.1) is 5.92 Å². The van der Waals surface area contributed by atoms with Gasteiger partial charge in [0, 0.05) is 17.6 Å². The minimum atomic E-state index is -0.0809. The number of rotatable bonds is 8. The van der Waals surface area contributed by atoms with Crippen LogP contribution in [0.4, 0.5) is 0 Å². The number of ether oxygens (including phenoxy) is 1. The van der Waals surface area contributed by atoms with Gasteiger partial charge in [0.25, 0.3) is 5.91 Å². The Labute approximate surface area is 131 Å². The highest BCUT2D eigenvalue weighted by molar-refractivity contribution is 6.30. The maximum Gasteiger partial charge on any atom is 0.257 e. The van der Waals surface area contributed by atoms with Gasteiger partial charge < -0.3 is 15.8 Å². The van der Waals surface area contributed by atoms with E-state index in [9.17, 15) is 4.79 Å². The Morgan fingerprint density at radius 3 is 2.95 bits per heavy atom.